The summed E-state index contributed by atoms with van der Waals surface area (Å²) in [7, 11) is 0. The topological polar surface area (TPSA) is 38.9 Å². The Hall–Kier alpha value is -0.230. The lowest BCUT2D eigenvalue weighted by atomic mass is 10.2. The molecule has 0 aliphatic rings. The molecule has 1 atom stereocenters. The van der Waals surface area contributed by atoms with Gasteiger partial charge in [0, 0.05) is 25.4 Å². The maximum Gasteiger partial charge on any atom is 0.123 e. The molecule has 0 radical (unpaired) electrons. The van der Waals surface area contributed by atoms with Crippen LogP contribution in [-0.4, -0.2) is 4.98 Å². The maximum absolute atomic E-state index is 5.91. The third-order valence-corrected chi connectivity index (χ3v) is 5.70. The molecule has 2 rings (SSSR count). The summed E-state index contributed by atoms with van der Waals surface area (Å²) in [4.78, 5) is 5.73. The van der Waals surface area contributed by atoms with Crippen LogP contribution in [0.4, 0.5) is 0 Å². The van der Waals surface area contributed by atoms with Gasteiger partial charge in [-0.25, -0.2) is 4.98 Å². The van der Waals surface area contributed by atoms with Gasteiger partial charge in [-0.1, -0.05) is 6.07 Å². The molecule has 2 nitrogen and oxygen atoms in total. The monoisotopic (exact) mass is 374 g/mol. The summed E-state index contributed by atoms with van der Waals surface area (Å²) in [5.41, 5.74) is 8.05. The first-order valence-electron chi connectivity index (χ1n) is 5.17. The summed E-state index contributed by atoms with van der Waals surface area (Å²) in [5, 5.41) is 1.02. The van der Waals surface area contributed by atoms with Crippen molar-refractivity contribution in [3.8, 4) is 10.6 Å². The molecule has 0 aliphatic carbocycles. The number of aromatic nitrogens is 1. The van der Waals surface area contributed by atoms with Gasteiger partial charge in [-0.15, -0.1) is 11.3 Å². The molecule has 2 aromatic rings. The Morgan fingerprint density at radius 2 is 2.00 bits per heavy atom. The predicted molar refractivity (Wildman–Crippen MR) is 80.3 cm³/mol. The lowest BCUT2D eigenvalue weighted by Gasteiger charge is -2.00. The molecule has 2 N–H and O–H groups in total. The van der Waals surface area contributed by atoms with Gasteiger partial charge in [0.1, 0.15) is 5.01 Å². The summed E-state index contributed by atoms with van der Waals surface area (Å²) in [6.07, 6.45) is 0. The van der Waals surface area contributed by atoms with E-state index in [1.165, 1.54) is 0 Å². The van der Waals surface area contributed by atoms with E-state index in [1.807, 2.05) is 19.9 Å². The van der Waals surface area contributed by atoms with Crippen molar-refractivity contribution in [2.45, 2.75) is 19.9 Å². The van der Waals surface area contributed by atoms with Crippen molar-refractivity contribution in [2.75, 3.05) is 0 Å². The van der Waals surface area contributed by atoms with Crippen LogP contribution in [0.25, 0.3) is 10.6 Å². The largest absolute Gasteiger partial charge is 0.323 e. The first kappa shape index (κ1) is 13.2. The lowest BCUT2D eigenvalue weighted by molar-refractivity contribution is 0.825. The Bertz CT molecular complexity index is 549. The van der Waals surface area contributed by atoms with E-state index in [0.717, 1.165) is 30.1 Å². The molecule has 1 heterocycles. The summed E-state index contributed by atoms with van der Waals surface area (Å²) in [5.74, 6) is 0. The van der Waals surface area contributed by atoms with Crippen molar-refractivity contribution in [3.63, 3.8) is 0 Å². The number of nitrogens with zero attached hydrogens (tertiary/aromatic N) is 1. The van der Waals surface area contributed by atoms with E-state index in [2.05, 4.69) is 49.0 Å². The number of aryl methyl sites for hydroxylation is 1. The second-order valence-electron chi connectivity index (χ2n) is 3.89. The van der Waals surface area contributed by atoms with Crippen molar-refractivity contribution in [3.05, 3.63) is 37.7 Å². The minimum Gasteiger partial charge on any atom is -0.323 e. The van der Waals surface area contributed by atoms with Gasteiger partial charge in [-0.3, -0.25) is 0 Å². The molecule has 17 heavy (non-hydrogen) atoms. The Labute approximate surface area is 122 Å². The first-order chi connectivity index (χ1) is 7.99. The molecule has 0 saturated carbocycles. The second kappa shape index (κ2) is 5.18. The molecule has 0 aliphatic heterocycles. The van der Waals surface area contributed by atoms with E-state index in [-0.39, 0.29) is 6.04 Å². The van der Waals surface area contributed by atoms with Gasteiger partial charge in [0.15, 0.2) is 0 Å². The molecule has 0 amide bonds. The van der Waals surface area contributed by atoms with Crippen LogP contribution in [0.1, 0.15) is 23.5 Å². The fourth-order valence-electron chi connectivity index (χ4n) is 1.58. The van der Waals surface area contributed by atoms with E-state index >= 15 is 0 Å². The number of hydrogen-bond donors (Lipinski definition) is 1. The standard InChI is InChI=1S/C12H12Br2N2S/c1-6(15)11-7(2)16-12(17-11)8-3-4-9(13)10(14)5-8/h3-6H,15H2,1-2H3. The molecule has 1 unspecified atom stereocenters. The normalized spacial score (nSPS) is 12.8. The van der Waals surface area contributed by atoms with Crippen LogP contribution in [0, 0.1) is 6.92 Å². The highest BCUT2D eigenvalue weighted by Gasteiger charge is 2.12. The minimum atomic E-state index is 0.0418. The van der Waals surface area contributed by atoms with Crippen LogP contribution in [-0.2, 0) is 0 Å². The van der Waals surface area contributed by atoms with Crippen molar-refractivity contribution < 1.29 is 0 Å². The van der Waals surface area contributed by atoms with Gasteiger partial charge < -0.3 is 5.73 Å². The van der Waals surface area contributed by atoms with Gasteiger partial charge in [0.05, 0.1) is 5.69 Å². The molecule has 0 fully saturated rings. The fourth-order valence-corrected chi connectivity index (χ4v) is 3.22. The molecule has 0 bridgehead atoms. The van der Waals surface area contributed by atoms with Crippen LogP contribution in [0.2, 0.25) is 0 Å². The van der Waals surface area contributed by atoms with Crippen molar-refractivity contribution in [2.24, 2.45) is 5.73 Å². The number of hydrogen-bond acceptors (Lipinski definition) is 3. The number of halogens is 2. The van der Waals surface area contributed by atoms with Gasteiger partial charge in [-0.05, 0) is 57.8 Å². The highest BCUT2D eigenvalue weighted by molar-refractivity contribution is 9.13. The predicted octanol–water partition coefficient (Wildman–Crippen LogP) is 4.66. The third kappa shape index (κ3) is 2.78. The van der Waals surface area contributed by atoms with Crippen molar-refractivity contribution >= 4 is 43.2 Å². The van der Waals surface area contributed by atoms with Gasteiger partial charge in [0.25, 0.3) is 0 Å². The lowest BCUT2D eigenvalue weighted by Crippen LogP contribution is -2.03. The molecular weight excluding hydrogens is 364 g/mol. The molecule has 90 valence electrons. The van der Waals surface area contributed by atoms with Crippen LogP contribution in [0.3, 0.4) is 0 Å². The van der Waals surface area contributed by atoms with Gasteiger partial charge in [-0.2, -0.15) is 0 Å². The molecule has 1 aromatic heterocycles. The Kier molecular flexibility index (Phi) is 4.02. The van der Waals surface area contributed by atoms with Crippen LogP contribution in [0.5, 0.6) is 0 Å². The van der Waals surface area contributed by atoms with E-state index < -0.39 is 0 Å². The van der Waals surface area contributed by atoms with Crippen LogP contribution < -0.4 is 5.73 Å². The number of benzene rings is 1. The van der Waals surface area contributed by atoms with Crippen molar-refractivity contribution in [1.29, 1.82) is 0 Å². The summed E-state index contributed by atoms with van der Waals surface area (Å²) in [6.45, 7) is 3.99. The molecule has 0 saturated heterocycles. The van der Waals surface area contributed by atoms with Crippen LogP contribution in [0.15, 0.2) is 27.1 Å². The van der Waals surface area contributed by atoms with Gasteiger partial charge >= 0.3 is 0 Å². The number of thiazole rings is 1. The second-order valence-corrected chi connectivity index (χ2v) is 6.63. The molecular formula is C12H12Br2N2S. The summed E-state index contributed by atoms with van der Waals surface area (Å²) >= 11 is 8.63. The van der Waals surface area contributed by atoms with Crippen molar-refractivity contribution in [1.82, 2.24) is 4.98 Å². The van der Waals surface area contributed by atoms with E-state index in [0.29, 0.717) is 0 Å². The Morgan fingerprint density at radius 1 is 1.29 bits per heavy atom. The average molecular weight is 376 g/mol. The Morgan fingerprint density at radius 3 is 2.53 bits per heavy atom. The van der Waals surface area contributed by atoms with E-state index in [9.17, 15) is 0 Å². The Balaban J connectivity index is 2.46. The van der Waals surface area contributed by atoms with Gasteiger partial charge in [0.2, 0.25) is 0 Å². The minimum absolute atomic E-state index is 0.0418. The van der Waals surface area contributed by atoms with Crippen LogP contribution >= 0.6 is 43.2 Å². The highest BCUT2D eigenvalue weighted by Crippen LogP contribution is 2.34. The fraction of sp³-hybridized carbons (Fsp3) is 0.250. The molecule has 1 aromatic carbocycles. The highest BCUT2D eigenvalue weighted by atomic mass is 79.9. The quantitative estimate of drug-likeness (QED) is 0.828. The molecule has 5 heteroatoms. The van der Waals surface area contributed by atoms with E-state index in [1.54, 1.807) is 11.3 Å². The zero-order valence-electron chi connectivity index (χ0n) is 9.50. The summed E-state index contributed by atoms with van der Waals surface area (Å²) < 4.78 is 2.08. The number of nitrogens with two attached hydrogens (primary N) is 1. The average Bonchev–Trinajstić information content (AvgIpc) is 2.64. The summed E-state index contributed by atoms with van der Waals surface area (Å²) in [6, 6.07) is 6.17. The smallest absolute Gasteiger partial charge is 0.123 e. The first-order valence-corrected chi connectivity index (χ1v) is 7.57. The third-order valence-electron chi connectivity index (χ3n) is 2.41. The maximum atomic E-state index is 5.91. The zero-order chi connectivity index (χ0) is 12.6. The zero-order valence-corrected chi connectivity index (χ0v) is 13.5. The SMILES string of the molecule is Cc1nc(-c2ccc(Br)c(Br)c2)sc1C(C)N. The van der Waals surface area contributed by atoms with E-state index in [4.69, 9.17) is 5.73 Å². The molecule has 0 spiro atoms. The number of rotatable bonds is 2.